The third kappa shape index (κ3) is 4.46. The van der Waals surface area contributed by atoms with Crippen molar-refractivity contribution in [2.24, 2.45) is 5.92 Å². The number of urea groups is 1. The number of carbonyl (C=O) groups is 1. The molecule has 0 aliphatic carbocycles. The van der Waals surface area contributed by atoms with Crippen LogP contribution in [0.3, 0.4) is 0 Å². The van der Waals surface area contributed by atoms with Crippen molar-refractivity contribution in [1.82, 2.24) is 9.47 Å². The van der Waals surface area contributed by atoms with E-state index in [1.54, 1.807) is 7.11 Å². The lowest BCUT2D eigenvalue weighted by molar-refractivity contribution is 0.139. The molecule has 174 valence electrons. The van der Waals surface area contributed by atoms with E-state index in [4.69, 9.17) is 16.3 Å². The van der Waals surface area contributed by atoms with Gasteiger partial charge in [0.1, 0.15) is 5.75 Å². The highest BCUT2D eigenvalue weighted by Gasteiger charge is 2.36. The number of likely N-dealkylation sites (tertiary alicyclic amines) is 1. The molecule has 3 aromatic rings. The zero-order valence-electron chi connectivity index (χ0n) is 18.9. The second-order valence-corrected chi connectivity index (χ2v) is 9.28. The van der Waals surface area contributed by atoms with E-state index in [1.165, 1.54) is 0 Å². The molecular formula is C27H26ClN3O3. The number of hydrogen-bond acceptors (Lipinski definition) is 3. The van der Waals surface area contributed by atoms with E-state index in [0.717, 1.165) is 17.7 Å². The molecular weight excluding hydrogens is 450 g/mol. The van der Waals surface area contributed by atoms with Gasteiger partial charge in [-0.3, -0.25) is 4.79 Å². The molecule has 0 saturated carbocycles. The summed E-state index contributed by atoms with van der Waals surface area (Å²) in [5.41, 5.74) is 3.31. The largest absolute Gasteiger partial charge is 0.495 e. The number of para-hydroxylation sites is 2. The zero-order valence-corrected chi connectivity index (χ0v) is 19.7. The fraction of sp³-hybridized carbons (Fsp3) is 0.259. The average molecular weight is 476 g/mol. The predicted octanol–water partition coefficient (Wildman–Crippen LogP) is 5.33. The number of amides is 2. The van der Waals surface area contributed by atoms with Gasteiger partial charge in [-0.1, -0.05) is 41.9 Å². The van der Waals surface area contributed by atoms with E-state index < -0.39 is 0 Å². The lowest BCUT2D eigenvalue weighted by atomic mass is 9.83. The Morgan fingerprint density at radius 3 is 2.62 bits per heavy atom. The Morgan fingerprint density at radius 2 is 1.82 bits per heavy atom. The van der Waals surface area contributed by atoms with E-state index in [1.807, 2.05) is 82.3 Å². The topological polar surface area (TPSA) is 63.6 Å². The van der Waals surface area contributed by atoms with Crippen LogP contribution >= 0.6 is 11.6 Å². The number of rotatable bonds is 4. The Labute approximate surface area is 203 Å². The number of nitrogens with one attached hydrogen (secondary N) is 1. The first-order valence-electron chi connectivity index (χ1n) is 11.4. The van der Waals surface area contributed by atoms with Gasteiger partial charge >= 0.3 is 6.03 Å². The summed E-state index contributed by atoms with van der Waals surface area (Å²) in [6, 6.07) is 18.7. The van der Waals surface area contributed by atoms with E-state index in [0.29, 0.717) is 41.7 Å². The number of anilines is 1. The van der Waals surface area contributed by atoms with Crippen molar-refractivity contribution < 1.29 is 9.53 Å². The monoisotopic (exact) mass is 475 g/mol. The van der Waals surface area contributed by atoms with E-state index >= 15 is 0 Å². The minimum absolute atomic E-state index is 0.0179. The quantitative estimate of drug-likeness (QED) is 0.554. The van der Waals surface area contributed by atoms with Gasteiger partial charge < -0.3 is 19.5 Å². The van der Waals surface area contributed by atoms with Gasteiger partial charge in [-0.2, -0.15) is 0 Å². The molecule has 0 spiro atoms. The van der Waals surface area contributed by atoms with Crippen LogP contribution in [0, 0.1) is 5.92 Å². The number of fused-ring (bicyclic) bond motifs is 4. The predicted molar refractivity (Wildman–Crippen MR) is 136 cm³/mol. The van der Waals surface area contributed by atoms with Crippen LogP contribution in [0.5, 0.6) is 5.75 Å². The molecule has 3 heterocycles. The van der Waals surface area contributed by atoms with Crippen LogP contribution in [-0.2, 0) is 6.54 Å². The summed E-state index contributed by atoms with van der Waals surface area (Å²) >= 11 is 5.95. The summed E-state index contributed by atoms with van der Waals surface area (Å²) in [4.78, 5) is 28.1. The number of pyridine rings is 1. The van der Waals surface area contributed by atoms with Crippen molar-refractivity contribution in [1.29, 1.82) is 0 Å². The normalized spacial score (nSPS) is 19.1. The smallest absolute Gasteiger partial charge is 0.321 e. The maximum atomic E-state index is 13.2. The van der Waals surface area contributed by atoms with Gasteiger partial charge in [-0.05, 0) is 60.4 Å². The third-order valence-corrected chi connectivity index (χ3v) is 6.85. The molecule has 34 heavy (non-hydrogen) atoms. The molecule has 1 aromatic heterocycles. The molecule has 2 bridgehead atoms. The van der Waals surface area contributed by atoms with E-state index in [9.17, 15) is 9.59 Å². The first-order valence-corrected chi connectivity index (χ1v) is 11.8. The van der Waals surface area contributed by atoms with Crippen molar-refractivity contribution in [3.63, 3.8) is 0 Å². The Balaban J connectivity index is 1.34. The summed E-state index contributed by atoms with van der Waals surface area (Å²) in [6.07, 6.45) is 4.77. The van der Waals surface area contributed by atoms with Crippen LogP contribution in [0.2, 0.25) is 5.02 Å². The van der Waals surface area contributed by atoms with Crippen molar-refractivity contribution in [3.05, 3.63) is 92.9 Å². The Kier molecular flexibility index (Phi) is 6.16. The van der Waals surface area contributed by atoms with Gasteiger partial charge in [0.25, 0.3) is 5.56 Å². The number of benzene rings is 2. The highest BCUT2D eigenvalue weighted by atomic mass is 35.5. The van der Waals surface area contributed by atoms with Crippen molar-refractivity contribution >= 4 is 35.5 Å². The van der Waals surface area contributed by atoms with Crippen LogP contribution in [0.15, 0.2) is 65.5 Å². The van der Waals surface area contributed by atoms with E-state index in [2.05, 4.69) is 5.32 Å². The fourth-order valence-electron chi connectivity index (χ4n) is 4.96. The molecule has 2 amide bonds. The van der Waals surface area contributed by atoms with Crippen molar-refractivity contribution in [2.75, 3.05) is 25.5 Å². The lowest BCUT2D eigenvalue weighted by Gasteiger charge is -2.42. The number of halogens is 1. The molecule has 0 radical (unpaired) electrons. The number of piperidine rings is 1. The van der Waals surface area contributed by atoms with Gasteiger partial charge in [0, 0.05) is 41.8 Å². The Bertz CT molecular complexity index is 1300. The van der Waals surface area contributed by atoms with Crippen LogP contribution < -0.4 is 15.6 Å². The molecule has 6 nitrogen and oxygen atoms in total. The summed E-state index contributed by atoms with van der Waals surface area (Å²) < 4.78 is 7.25. The minimum Gasteiger partial charge on any atom is -0.495 e. The molecule has 5 rings (SSSR count). The molecule has 1 fully saturated rings. The Hall–Kier alpha value is -3.51. The third-order valence-electron chi connectivity index (χ3n) is 6.59. The van der Waals surface area contributed by atoms with Crippen LogP contribution in [-0.4, -0.2) is 35.7 Å². The Morgan fingerprint density at radius 1 is 1.03 bits per heavy atom. The second kappa shape index (κ2) is 9.39. The van der Waals surface area contributed by atoms with Gasteiger partial charge in [-0.25, -0.2) is 4.79 Å². The summed E-state index contributed by atoms with van der Waals surface area (Å²) in [6.45, 7) is 1.82. The van der Waals surface area contributed by atoms with Crippen molar-refractivity contribution in [3.8, 4) is 5.75 Å². The van der Waals surface area contributed by atoms with Gasteiger partial charge in [0.05, 0.1) is 12.8 Å². The summed E-state index contributed by atoms with van der Waals surface area (Å²) in [5, 5.41) is 3.66. The maximum Gasteiger partial charge on any atom is 0.321 e. The molecule has 2 aliphatic heterocycles. The number of methoxy groups -OCH3 is 1. The highest BCUT2D eigenvalue weighted by molar-refractivity contribution is 6.30. The number of carbonyl (C=O) groups excluding carboxylic acids is 1. The number of nitrogens with zero attached hydrogens (tertiary/aromatic N) is 2. The van der Waals surface area contributed by atoms with Gasteiger partial charge in [0.15, 0.2) is 0 Å². The fourth-order valence-corrected chi connectivity index (χ4v) is 5.08. The van der Waals surface area contributed by atoms with E-state index in [-0.39, 0.29) is 23.4 Å². The highest BCUT2D eigenvalue weighted by Crippen LogP contribution is 2.36. The van der Waals surface area contributed by atoms with Crippen LogP contribution in [0.25, 0.3) is 12.2 Å². The number of ether oxygens (including phenoxy) is 1. The lowest BCUT2D eigenvalue weighted by Crippen LogP contribution is -2.50. The number of aromatic nitrogens is 1. The molecule has 1 saturated heterocycles. The molecule has 2 atom stereocenters. The maximum absolute atomic E-state index is 13.2. The average Bonchev–Trinajstić information content (AvgIpc) is 2.85. The SMILES string of the molecule is COc1ccccc1NC(=O)N1C[C@@H]2C[C@H](C1)c1ccc(/C=C/c3ccc(Cl)cc3)c(=O)n1C2. The summed E-state index contributed by atoms with van der Waals surface area (Å²) in [5.74, 6) is 1.00. The van der Waals surface area contributed by atoms with Gasteiger partial charge in [-0.15, -0.1) is 0 Å². The molecule has 2 aromatic carbocycles. The van der Waals surface area contributed by atoms with Crippen LogP contribution in [0.1, 0.15) is 29.2 Å². The zero-order chi connectivity index (χ0) is 23.7. The van der Waals surface area contributed by atoms with Crippen LogP contribution in [0.4, 0.5) is 10.5 Å². The first-order chi connectivity index (χ1) is 16.5. The van der Waals surface area contributed by atoms with Gasteiger partial charge in [0.2, 0.25) is 0 Å². The molecule has 2 aliphatic rings. The standard InChI is InChI=1S/C27H26ClN3O3/c1-34-25-5-3-2-4-23(25)29-27(33)30-15-19-14-21(17-30)24-13-10-20(26(32)31(24)16-19)9-6-18-7-11-22(28)12-8-18/h2-13,19,21H,14-17H2,1H3,(H,29,33)/b9-6+/t19-,21+/m0/s1. The first kappa shape index (κ1) is 22.3. The second-order valence-electron chi connectivity index (χ2n) is 8.85. The summed E-state index contributed by atoms with van der Waals surface area (Å²) in [7, 11) is 1.59. The minimum atomic E-state index is -0.141. The molecule has 1 N–H and O–H groups in total. The van der Waals surface area contributed by atoms with Crippen molar-refractivity contribution in [2.45, 2.75) is 18.9 Å². The number of hydrogen-bond donors (Lipinski definition) is 1. The molecule has 7 heteroatoms. The molecule has 0 unspecified atom stereocenters.